The SMILES string of the molecule is COc1c(Cl)cc(/C=N\Nc2cnn(C)c(=O)c2Cl)c(OC)c1Cl. The molecule has 0 atom stereocenters. The second-order valence-electron chi connectivity index (χ2n) is 4.50. The lowest BCUT2D eigenvalue weighted by Crippen LogP contribution is -2.20. The van der Waals surface area contributed by atoms with Crippen molar-refractivity contribution in [1.82, 2.24) is 9.78 Å². The van der Waals surface area contributed by atoms with E-state index in [1.807, 2.05) is 0 Å². The molecule has 2 aromatic rings. The number of aromatic nitrogens is 2. The minimum Gasteiger partial charge on any atom is -0.494 e. The van der Waals surface area contributed by atoms with Crippen molar-refractivity contribution < 1.29 is 9.47 Å². The van der Waals surface area contributed by atoms with Crippen molar-refractivity contribution in [2.75, 3.05) is 19.6 Å². The average Bonchev–Trinajstić information content (AvgIpc) is 2.55. The molecule has 0 saturated carbocycles. The predicted octanol–water partition coefficient (Wildman–Crippen LogP) is 3.20. The number of halogens is 3. The van der Waals surface area contributed by atoms with Gasteiger partial charge in [0, 0.05) is 12.6 Å². The first-order valence-corrected chi connectivity index (χ1v) is 7.65. The van der Waals surface area contributed by atoms with Crippen LogP contribution in [0, 0.1) is 0 Å². The van der Waals surface area contributed by atoms with Gasteiger partial charge in [0.15, 0.2) is 5.75 Å². The summed E-state index contributed by atoms with van der Waals surface area (Å²) in [4.78, 5) is 11.7. The summed E-state index contributed by atoms with van der Waals surface area (Å²) in [6, 6.07) is 1.58. The highest BCUT2D eigenvalue weighted by atomic mass is 35.5. The van der Waals surface area contributed by atoms with Crippen LogP contribution in [0.3, 0.4) is 0 Å². The van der Waals surface area contributed by atoms with E-state index in [0.29, 0.717) is 22.1 Å². The van der Waals surface area contributed by atoms with Gasteiger partial charge < -0.3 is 9.47 Å². The number of hydrazone groups is 1. The van der Waals surface area contributed by atoms with E-state index in [0.717, 1.165) is 4.68 Å². The maximum atomic E-state index is 11.7. The number of nitrogens with one attached hydrogen (secondary N) is 1. The third-order valence-electron chi connectivity index (χ3n) is 3.04. The highest BCUT2D eigenvalue weighted by Crippen LogP contribution is 2.41. The number of benzene rings is 1. The number of ether oxygens (including phenoxy) is 2. The third kappa shape index (κ3) is 3.58. The molecular weight excluding hydrogens is 379 g/mol. The summed E-state index contributed by atoms with van der Waals surface area (Å²) < 4.78 is 11.5. The maximum Gasteiger partial charge on any atom is 0.287 e. The zero-order valence-electron chi connectivity index (χ0n) is 12.9. The molecule has 0 aliphatic carbocycles. The number of hydrogen-bond donors (Lipinski definition) is 1. The van der Waals surface area contributed by atoms with Gasteiger partial charge >= 0.3 is 0 Å². The molecule has 0 amide bonds. The normalized spacial score (nSPS) is 10.9. The number of methoxy groups -OCH3 is 2. The summed E-state index contributed by atoms with van der Waals surface area (Å²) in [6.07, 6.45) is 2.80. The van der Waals surface area contributed by atoms with E-state index >= 15 is 0 Å². The first kappa shape index (κ1) is 18.4. The minimum atomic E-state index is -0.440. The molecule has 128 valence electrons. The molecule has 1 aromatic carbocycles. The van der Waals surface area contributed by atoms with Gasteiger partial charge in [-0.1, -0.05) is 34.8 Å². The largest absolute Gasteiger partial charge is 0.494 e. The zero-order chi connectivity index (χ0) is 17.9. The van der Waals surface area contributed by atoms with E-state index in [-0.39, 0.29) is 15.7 Å². The Labute approximate surface area is 152 Å². The molecule has 1 N–H and O–H groups in total. The van der Waals surface area contributed by atoms with Crippen LogP contribution in [0.1, 0.15) is 5.56 Å². The molecule has 7 nitrogen and oxygen atoms in total. The number of hydrogen-bond acceptors (Lipinski definition) is 6. The van der Waals surface area contributed by atoms with E-state index in [9.17, 15) is 4.79 Å². The molecule has 0 aliphatic heterocycles. The van der Waals surface area contributed by atoms with Crippen LogP contribution >= 0.6 is 34.8 Å². The Morgan fingerprint density at radius 1 is 1.21 bits per heavy atom. The van der Waals surface area contributed by atoms with Gasteiger partial charge in [0.2, 0.25) is 0 Å². The first-order chi connectivity index (χ1) is 11.4. The van der Waals surface area contributed by atoms with Crippen molar-refractivity contribution in [1.29, 1.82) is 0 Å². The van der Waals surface area contributed by atoms with Gasteiger partial charge in [-0.15, -0.1) is 0 Å². The van der Waals surface area contributed by atoms with E-state index in [1.165, 1.54) is 33.7 Å². The van der Waals surface area contributed by atoms with Crippen LogP contribution in [0.15, 0.2) is 22.2 Å². The van der Waals surface area contributed by atoms with E-state index < -0.39 is 5.56 Å². The van der Waals surface area contributed by atoms with Crippen molar-refractivity contribution in [2.45, 2.75) is 0 Å². The smallest absolute Gasteiger partial charge is 0.287 e. The van der Waals surface area contributed by atoms with Crippen molar-refractivity contribution in [3.63, 3.8) is 0 Å². The number of rotatable bonds is 5. The number of aryl methyl sites for hydroxylation is 1. The van der Waals surface area contributed by atoms with Crippen molar-refractivity contribution in [3.8, 4) is 11.5 Å². The number of nitrogens with zero attached hydrogens (tertiary/aromatic N) is 3. The van der Waals surface area contributed by atoms with Gasteiger partial charge in [0.25, 0.3) is 5.56 Å². The van der Waals surface area contributed by atoms with Crippen LogP contribution in [0.2, 0.25) is 15.1 Å². The standard InChI is InChI=1S/C14H13Cl3N4O3/c1-21-14(22)10(16)9(6-19-21)20-18-5-7-4-8(15)13(24-3)11(17)12(7)23-2/h4-6,20H,1-3H3/b18-5-. The fourth-order valence-corrected chi connectivity index (χ4v) is 2.77. The highest BCUT2D eigenvalue weighted by Gasteiger charge is 2.16. The lowest BCUT2D eigenvalue weighted by Gasteiger charge is -2.12. The number of anilines is 1. The Balaban J connectivity index is 2.33. The molecule has 0 spiro atoms. The van der Waals surface area contributed by atoms with Crippen molar-refractivity contribution in [2.24, 2.45) is 12.1 Å². The van der Waals surface area contributed by atoms with Gasteiger partial charge in [-0.3, -0.25) is 10.2 Å². The second-order valence-corrected chi connectivity index (χ2v) is 5.66. The van der Waals surface area contributed by atoms with Crippen molar-refractivity contribution in [3.05, 3.63) is 43.2 Å². The highest BCUT2D eigenvalue weighted by molar-refractivity contribution is 6.38. The molecule has 1 aromatic heterocycles. The average molecular weight is 392 g/mol. The summed E-state index contributed by atoms with van der Waals surface area (Å²) in [6.45, 7) is 0. The molecule has 1 heterocycles. The summed E-state index contributed by atoms with van der Waals surface area (Å²) in [5, 5.41) is 8.36. The van der Waals surface area contributed by atoms with Crippen LogP contribution in [-0.4, -0.2) is 30.2 Å². The molecule has 0 radical (unpaired) electrons. The first-order valence-electron chi connectivity index (χ1n) is 6.51. The predicted molar refractivity (Wildman–Crippen MR) is 95.3 cm³/mol. The van der Waals surface area contributed by atoms with Crippen LogP contribution in [0.25, 0.3) is 0 Å². The Morgan fingerprint density at radius 2 is 1.88 bits per heavy atom. The fraction of sp³-hybridized carbons (Fsp3) is 0.214. The molecular formula is C14H13Cl3N4O3. The van der Waals surface area contributed by atoms with Crippen LogP contribution in [0.5, 0.6) is 11.5 Å². The van der Waals surface area contributed by atoms with Crippen LogP contribution in [0.4, 0.5) is 5.69 Å². The summed E-state index contributed by atoms with van der Waals surface area (Å²) >= 11 is 18.2. The van der Waals surface area contributed by atoms with Crippen LogP contribution < -0.4 is 20.5 Å². The second kappa shape index (κ2) is 7.74. The maximum absolute atomic E-state index is 11.7. The Bertz CT molecular complexity index is 852. The molecule has 0 aliphatic rings. The van der Waals surface area contributed by atoms with Crippen LogP contribution in [-0.2, 0) is 7.05 Å². The Kier molecular flexibility index (Phi) is 5.93. The van der Waals surface area contributed by atoms with Gasteiger partial charge in [-0.2, -0.15) is 10.2 Å². The quantitative estimate of drug-likeness (QED) is 0.625. The van der Waals surface area contributed by atoms with Crippen molar-refractivity contribution >= 4 is 46.7 Å². The zero-order valence-corrected chi connectivity index (χ0v) is 15.2. The minimum absolute atomic E-state index is 0.0255. The van der Waals surface area contributed by atoms with Gasteiger partial charge in [-0.05, 0) is 6.07 Å². The molecule has 0 unspecified atom stereocenters. The molecule has 10 heteroatoms. The molecule has 2 rings (SSSR count). The van der Waals surface area contributed by atoms with Gasteiger partial charge in [0.1, 0.15) is 21.5 Å². The lowest BCUT2D eigenvalue weighted by molar-refractivity contribution is 0.394. The third-order valence-corrected chi connectivity index (χ3v) is 4.02. The van der Waals surface area contributed by atoms with Gasteiger partial charge in [0.05, 0.1) is 31.7 Å². The van der Waals surface area contributed by atoms with E-state index in [2.05, 4.69) is 15.6 Å². The Hall–Kier alpha value is -1.96. The van der Waals surface area contributed by atoms with E-state index in [4.69, 9.17) is 44.3 Å². The molecule has 0 saturated heterocycles. The summed E-state index contributed by atoms with van der Waals surface area (Å²) in [7, 11) is 4.40. The topological polar surface area (TPSA) is 77.7 Å². The summed E-state index contributed by atoms with van der Waals surface area (Å²) in [5.41, 5.74) is 2.97. The fourth-order valence-electron chi connectivity index (χ4n) is 1.85. The molecule has 24 heavy (non-hydrogen) atoms. The Morgan fingerprint density at radius 3 is 2.50 bits per heavy atom. The molecule has 0 fully saturated rings. The monoisotopic (exact) mass is 390 g/mol. The summed E-state index contributed by atoms with van der Waals surface area (Å²) in [5.74, 6) is 0.649. The van der Waals surface area contributed by atoms with Gasteiger partial charge in [-0.25, -0.2) is 4.68 Å². The lowest BCUT2D eigenvalue weighted by atomic mass is 10.2. The molecule has 0 bridgehead atoms. The van der Waals surface area contributed by atoms with E-state index in [1.54, 1.807) is 6.07 Å².